The van der Waals surface area contributed by atoms with Crippen LogP contribution in [0.4, 0.5) is 5.13 Å². The van der Waals surface area contributed by atoms with Crippen molar-refractivity contribution in [2.24, 2.45) is 0 Å². The van der Waals surface area contributed by atoms with Crippen LogP contribution >= 0.6 is 11.3 Å². The van der Waals surface area contributed by atoms with Gasteiger partial charge in [0.05, 0.1) is 13.2 Å². The van der Waals surface area contributed by atoms with E-state index in [-0.39, 0.29) is 5.97 Å². The van der Waals surface area contributed by atoms with Crippen LogP contribution in [0.15, 0.2) is 6.20 Å². The number of carbonyl (C=O) groups is 1. The summed E-state index contributed by atoms with van der Waals surface area (Å²) in [6.07, 6.45) is 5.35. The van der Waals surface area contributed by atoms with Crippen LogP contribution in [0.3, 0.4) is 0 Å². The first-order valence-corrected chi connectivity index (χ1v) is 7.10. The second-order valence-electron chi connectivity index (χ2n) is 4.46. The first kappa shape index (κ1) is 13.3. The van der Waals surface area contributed by atoms with Crippen LogP contribution < -0.4 is 5.73 Å². The molecule has 6 heteroatoms. The summed E-state index contributed by atoms with van der Waals surface area (Å²) in [5.74, 6) is -0.151. The maximum atomic E-state index is 11.6. The van der Waals surface area contributed by atoms with E-state index in [0.717, 1.165) is 24.3 Å². The summed E-state index contributed by atoms with van der Waals surface area (Å²) in [5.41, 5.74) is 5.62. The zero-order valence-corrected chi connectivity index (χ0v) is 11.4. The van der Waals surface area contributed by atoms with Crippen LogP contribution in [0.25, 0.3) is 0 Å². The maximum absolute atomic E-state index is 11.6. The Morgan fingerprint density at radius 2 is 2.44 bits per heavy atom. The Bertz CT molecular complexity index is 404. The summed E-state index contributed by atoms with van der Waals surface area (Å²) < 4.78 is 5.02. The van der Waals surface area contributed by atoms with Crippen molar-refractivity contribution in [1.82, 2.24) is 9.88 Å². The SMILES string of the molecule is CCOC(=O)CN(Cc1cnc(N)s1)C1CCC1. The summed E-state index contributed by atoms with van der Waals surface area (Å²) in [4.78, 5) is 18.9. The quantitative estimate of drug-likeness (QED) is 0.795. The molecule has 2 rings (SSSR count). The van der Waals surface area contributed by atoms with Crippen molar-refractivity contribution in [3.8, 4) is 0 Å². The van der Waals surface area contributed by atoms with Gasteiger partial charge in [-0.3, -0.25) is 9.69 Å². The van der Waals surface area contributed by atoms with Gasteiger partial charge in [0.25, 0.3) is 0 Å². The minimum absolute atomic E-state index is 0.151. The molecule has 1 heterocycles. The molecule has 1 saturated carbocycles. The smallest absolute Gasteiger partial charge is 0.320 e. The predicted molar refractivity (Wildman–Crippen MR) is 71.2 cm³/mol. The molecule has 0 radical (unpaired) electrons. The molecule has 1 aliphatic rings. The fraction of sp³-hybridized carbons (Fsp3) is 0.667. The van der Waals surface area contributed by atoms with Gasteiger partial charge >= 0.3 is 5.97 Å². The summed E-state index contributed by atoms with van der Waals surface area (Å²) in [6, 6.07) is 0.498. The summed E-state index contributed by atoms with van der Waals surface area (Å²) in [6.45, 7) is 3.36. The molecule has 1 fully saturated rings. The lowest BCUT2D eigenvalue weighted by molar-refractivity contribution is -0.145. The van der Waals surface area contributed by atoms with Gasteiger partial charge in [-0.15, -0.1) is 11.3 Å². The van der Waals surface area contributed by atoms with Gasteiger partial charge in [0.15, 0.2) is 5.13 Å². The highest BCUT2D eigenvalue weighted by molar-refractivity contribution is 7.15. The fourth-order valence-electron chi connectivity index (χ4n) is 2.03. The lowest BCUT2D eigenvalue weighted by Gasteiger charge is -2.36. The third-order valence-electron chi connectivity index (χ3n) is 3.16. The number of hydrogen-bond acceptors (Lipinski definition) is 6. The Morgan fingerprint density at radius 1 is 1.67 bits per heavy atom. The molecule has 2 N–H and O–H groups in total. The Morgan fingerprint density at radius 3 is 2.94 bits per heavy atom. The van der Waals surface area contributed by atoms with E-state index in [4.69, 9.17) is 10.5 Å². The average molecular weight is 269 g/mol. The zero-order chi connectivity index (χ0) is 13.0. The van der Waals surface area contributed by atoms with Crippen LogP contribution in [0.5, 0.6) is 0 Å². The standard InChI is InChI=1S/C12H19N3O2S/c1-2-17-11(16)8-15(9-4-3-5-9)7-10-6-14-12(13)18-10/h6,9H,2-5,7-8H2,1H3,(H2,13,14). The van der Waals surface area contributed by atoms with Crippen molar-refractivity contribution in [1.29, 1.82) is 0 Å². The number of aromatic nitrogens is 1. The maximum Gasteiger partial charge on any atom is 0.320 e. The lowest BCUT2D eigenvalue weighted by Crippen LogP contribution is -2.42. The molecule has 0 unspecified atom stereocenters. The molecule has 0 aliphatic heterocycles. The van der Waals surface area contributed by atoms with Gasteiger partial charge in [0.2, 0.25) is 0 Å². The normalized spacial score (nSPS) is 15.7. The van der Waals surface area contributed by atoms with Crippen LogP contribution in [-0.2, 0) is 16.1 Å². The number of thiazole rings is 1. The number of carbonyl (C=O) groups excluding carboxylic acids is 1. The number of ether oxygens (including phenoxy) is 1. The van der Waals surface area contributed by atoms with Crippen LogP contribution in [0.2, 0.25) is 0 Å². The van der Waals surface area contributed by atoms with Crippen LogP contribution in [0, 0.1) is 0 Å². The predicted octanol–water partition coefficient (Wildman–Crippen LogP) is 1.64. The van der Waals surface area contributed by atoms with Crippen molar-refractivity contribution >= 4 is 22.4 Å². The van der Waals surface area contributed by atoms with Gasteiger partial charge in [-0.25, -0.2) is 4.98 Å². The number of rotatable bonds is 6. The molecule has 1 aromatic heterocycles. The molecule has 1 aromatic rings. The molecule has 0 atom stereocenters. The van der Waals surface area contributed by atoms with Crippen LogP contribution in [0.1, 0.15) is 31.1 Å². The molecule has 18 heavy (non-hydrogen) atoms. The van der Waals surface area contributed by atoms with E-state index in [2.05, 4.69) is 9.88 Å². The van der Waals surface area contributed by atoms with E-state index >= 15 is 0 Å². The Balaban J connectivity index is 1.94. The summed E-state index contributed by atoms with van der Waals surface area (Å²) in [7, 11) is 0. The minimum atomic E-state index is -0.151. The first-order chi connectivity index (χ1) is 8.69. The largest absolute Gasteiger partial charge is 0.465 e. The second-order valence-corrected chi connectivity index (χ2v) is 5.61. The van der Waals surface area contributed by atoms with Gasteiger partial charge in [-0.1, -0.05) is 6.42 Å². The van der Waals surface area contributed by atoms with Crippen molar-refractivity contribution in [2.75, 3.05) is 18.9 Å². The highest BCUT2D eigenvalue weighted by Gasteiger charge is 2.27. The number of nitrogens with zero attached hydrogens (tertiary/aromatic N) is 2. The number of hydrogen-bond donors (Lipinski definition) is 1. The van der Waals surface area contributed by atoms with E-state index in [1.807, 2.05) is 6.92 Å². The molecular formula is C12H19N3O2S. The van der Waals surface area contributed by atoms with E-state index in [9.17, 15) is 4.79 Å². The molecule has 0 saturated heterocycles. The van der Waals surface area contributed by atoms with Crippen LogP contribution in [-0.4, -0.2) is 35.0 Å². The number of esters is 1. The van der Waals surface area contributed by atoms with Crippen molar-refractivity contribution < 1.29 is 9.53 Å². The average Bonchev–Trinajstić information content (AvgIpc) is 2.61. The van der Waals surface area contributed by atoms with E-state index < -0.39 is 0 Å². The first-order valence-electron chi connectivity index (χ1n) is 6.29. The zero-order valence-electron chi connectivity index (χ0n) is 10.6. The van der Waals surface area contributed by atoms with Gasteiger partial charge in [0.1, 0.15) is 0 Å². The van der Waals surface area contributed by atoms with Gasteiger partial charge in [-0.05, 0) is 19.8 Å². The Hall–Kier alpha value is -1.14. The van der Waals surface area contributed by atoms with Crippen molar-refractivity contribution in [3.05, 3.63) is 11.1 Å². The molecule has 1 aliphatic carbocycles. The summed E-state index contributed by atoms with van der Waals surface area (Å²) >= 11 is 1.48. The third-order valence-corrected chi connectivity index (χ3v) is 3.97. The Kier molecular flexibility index (Phi) is 4.54. The molecule has 0 aromatic carbocycles. The Labute approximate surface area is 111 Å². The fourth-order valence-corrected chi connectivity index (χ4v) is 2.74. The molecular weight excluding hydrogens is 250 g/mol. The molecule has 5 nitrogen and oxygen atoms in total. The highest BCUT2D eigenvalue weighted by Crippen LogP contribution is 2.27. The minimum Gasteiger partial charge on any atom is -0.465 e. The van der Waals surface area contributed by atoms with Gasteiger partial charge in [0, 0.05) is 23.7 Å². The number of nitrogens with two attached hydrogens (primary N) is 1. The highest BCUT2D eigenvalue weighted by atomic mass is 32.1. The number of nitrogen functional groups attached to an aromatic ring is 1. The van der Waals surface area contributed by atoms with E-state index in [1.165, 1.54) is 17.8 Å². The molecule has 0 amide bonds. The van der Waals surface area contributed by atoms with E-state index in [0.29, 0.717) is 24.3 Å². The third kappa shape index (κ3) is 3.43. The topological polar surface area (TPSA) is 68.5 Å². The lowest BCUT2D eigenvalue weighted by atomic mass is 9.91. The molecule has 0 bridgehead atoms. The molecule has 100 valence electrons. The monoisotopic (exact) mass is 269 g/mol. The van der Waals surface area contributed by atoms with Gasteiger partial charge in [-0.2, -0.15) is 0 Å². The van der Waals surface area contributed by atoms with Crippen molar-refractivity contribution in [2.45, 2.75) is 38.8 Å². The van der Waals surface area contributed by atoms with Crippen molar-refractivity contribution in [3.63, 3.8) is 0 Å². The summed E-state index contributed by atoms with van der Waals surface area (Å²) in [5, 5.41) is 0.578. The number of anilines is 1. The van der Waals surface area contributed by atoms with Gasteiger partial charge < -0.3 is 10.5 Å². The molecule has 0 spiro atoms. The van der Waals surface area contributed by atoms with E-state index in [1.54, 1.807) is 6.20 Å². The second kappa shape index (κ2) is 6.15.